The van der Waals surface area contributed by atoms with Crippen LogP contribution in [0.4, 0.5) is 15.6 Å². The van der Waals surface area contributed by atoms with Crippen molar-refractivity contribution >= 4 is 45.9 Å². The molecule has 5 heterocycles. The summed E-state index contributed by atoms with van der Waals surface area (Å²) in [7, 11) is 1.89. The first kappa shape index (κ1) is 23.6. The smallest absolute Gasteiger partial charge is 0.410 e. The minimum atomic E-state index is -0.533. The Morgan fingerprint density at radius 2 is 2.06 bits per heavy atom. The maximum Gasteiger partial charge on any atom is 0.410 e. The molecule has 1 atom stereocenters. The molecule has 4 aromatic heterocycles. The fourth-order valence-electron chi connectivity index (χ4n) is 3.87. The van der Waals surface area contributed by atoms with Gasteiger partial charge in [0.25, 0.3) is 0 Å². The molecule has 4 aromatic rings. The van der Waals surface area contributed by atoms with E-state index in [2.05, 4.69) is 19.9 Å². The van der Waals surface area contributed by atoms with Crippen molar-refractivity contribution in [3.8, 4) is 11.1 Å². The summed E-state index contributed by atoms with van der Waals surface area (Å²) in [5.74, 6) is 1.60. The lowest BCUT2D eigenvalue weighted by Crippen LogP contribution is -2.42. The van der Waals surface area contributed by atoms with Crippen LogP contribution in [0.1, 0.15) is 37.4 Å². The molecule has 0 aromatic carbocycles. The van der Waals surface area contributed by atoms with Crippen molar-refractivity contribution in [3.05, 3.63) is 42.1 Å². The van der Waals surface area contributed by atoms with E-state index in [1.807, 2.05) is 65.5 Å². The highest BCUT2D eigenvalue weighted by molar-refractivity contribution is 7.99. The average molecular weight is 513 g/mol. The van der Waals surface area contributed by atoms with Gasteiger partial charge in [0.2, 0.25) is 0 Å². The summed E-state index contributed by atoms with van der Waals surface area (Å²) in [4.78, 5) is 19.6. The van der Waals surface area contributed by atoms with Gasteiger partial charge in [-0.15, -0.1) is 11.8 Å². The lowest BCUT2D eigenvalue weighted by Gasteiger charge is -2.33. The number of hydrogen-bond donors (Lipinski definition) is 1. The number of thioether (sulfide) groups is 1. The van der Waals surface area contributed by atoms with Gasteiger partial charge in [-0.2, -0.15) is 19.1 Å². The summed E-state index contributed by atoms with van der Waals surface area (Å²) in [5, 5.41) is 13.3. The molecule has 1 amide bonds. The number of nitrogens with zero attached hydrogens (tertiary/aromatic N) is 7. The maximum atomic E-state index is 12.7. The van der Waals surface area contributed by atoms with Gasteiger partial charge in [0, 0.05) is 49.3 Å². The zero-order valence-corrected chi connectivity index (χ0v) is 22.0. The Labute approximate surface area is 211 Å². The summed E-state index contributed by atoms with van der Waals surface area (Å²) in [6.45, 7) is 8.79. The molecule has 0 spiro atoms. The molecular formula is C23H28N8O2S2. The third-order valence-electron chi connectivity index (χ3n) is 5.43. The van der Waals surface area contributed by atoms with E-state index < -0.39 is 5.60 Å². The van der Waals surface area contributed by atoms with E-state index in [9.17, 15) is 4.79 Å². The average Bonchev–Trinajstić information content (AvgIpc) is 3.52. The number of aryl methyl sites for hydroxylation is 2. The number of anilines is 2. The van der Waals surface area contributed by atoms with Gasteiger partial charge in [0.05, 0.1) is 29.0 Å². The summed E-state index contributed by atoms with van der Waals surface area (Å²) >= 11 is 3.20. The normalized spacial score (nSPS) is 16.6. The minimum Gasteiger partial charge on any atom is -0.444 e. The summed E-state index contributed by atoms with van der Waals surface area (Å²) in [5.41, 5.74) is 3.87. The third kappa shape index (κ3) is 5.13. The first-order valence-electron chi connectivity index (χ1n) is 11.3. The number of ether oxygens (including phenoxy) is 1. The maximum absolute atomic E-state index is 12.7. The molecule has 10 nitrogen and oxygen atoms in total. The fourth-order valence-corrected chi connectivity index (χ4v) is 5.72. The van der Waals surface area contributed by atoms with Crippen LogP contribution >= 0.6 is 23.3 Å². The highest BCUT2D eigenvalue weighted by atomic mass is 32.2. The zero-order chi connectivity index (χ0) is 24.7. The third-order valence-corrected chi connectivity index (χ3v) is 7.44. The number of nitrogens with one attached hydrogen (secondary N) is 1. The van der Waals surface area contributed by atoms with E-state index in [4.69, 9.17) is 9.72 Å². The number of rotatable bonds is 4. The van der Waals surface area contributed by atoms with Crippen molar-refractivity contribution in [2.24, 2.45) is 7.05 Å². The van der Waals surface area contributed by atoms with E-state index in [-0.39, 0.29) is 11.3 Å². The van der Waals surface area contributed by atoms with Crippen molar-refractivity contribution in [1.82, 2.24) is 33.7 Å². The standard InChI is InChI=1S/C23H28N8O2S2/c1-14-8-20(35-28-14)27-19-9-17(18-13-30(6-7-34-18)22(32)33-23(2,3)4)26-21-16(11-25-31(19)21)15-10-24-29(5)12-15/h8-12,18,27H,6-7,13H2,1-5H3. The lowest BCUT2D eigenvalue weighted by molar-refractivity contribution is 0.0256. The van der Waals surface area contributed by atoms with Gasteiger partial charge in [-0.05, 0) is 45.3 Å². The second kappa shape index (κ2) is 9.15. The topological polar surface area (TPSA) is 102 Å². The van der Waals surface area contributed by atoms with Crippen molar-refractivity contribution in [3.63, 3.8) is 0 Å². The van der Waals surface area contributed by atoms with Crippen molar-refractivity contribution in [2.45, 2.75) is 38.5 Å². The molecule has 1 fully saturated rings. The highest BCUT2D eigenvalue weighted by Crippen LogP contribution is 2.36. The first-order chi connectivity index (χ1) is 16.7. The zero-order valence-electron chi connectivity index (χ0n) is 20.3. The van der Waals surface area contributed by atoms with E-state index >= 15 is 0 Å². The Morgan fingerprint density at radius 1 is 1.23 bits per heavy atom. The second-order valence-corrected chi connectivity index (χ2v) is 11.6. The second-order valence-electron chi connectivity index (χ2n) is 9.51. The van der Waals surface area contributed by atoms with Crippen LogP contribution in [0.15, 0.2) is 30.7 Å². The van der Waals surface area contributed by atoms with E-state index in [1.165, 1.54) is 11.5 Å². The van der Waals surface area contributed by atoms with Gasteiger partial charge in [0.1, 0.15) is 16.4 Å². The molecule has 5 rings (SSSR count). The number of aromatic nitrogens is 6. The summed E-state index contributed by atoms with van der Waals surface area (Å²) in [6, 6.07) is 4.01. The monoisotopic (exact) mass is 512 g/mol. The van der Waals surface area contributed by atoms with Crippen LogP contribution in [0, 0.1) is 6.92 Å². The van der Waals surface area contributed by atoms with Crippen LogP contribution < -0.4 is 5.32 Å². The largest absolute Gasteiger partial charge is 0.444 e. The Bertz CT molecular complexity index is 1370. The molecule has 35 heavy (non-hydrogen) atoms. The molecule has 12 heteroatoms. The fraction of sp³-hybridized carbons (Fsp3) is 0.435. The molecule has 1 aliphatic rings. The SMILES string of the molecule is Cc1cc(Nc2cc(C3CN(C(=O)OC(C)(C)C)CCS3)nc3c(-c4cnn(C)c4)cnn23)sn1. The van der Waals surface area contributed by atoms with E-state index in [1.54, 1.807) is 25.9 Å². The molecule has 184 valence electrons. The van der Waals surface area contributed by atoms with E-state index in [0.29, 0.717) is 13.1 Å². The van der Waals surface area contributed by atoms with Crippen LogP contribution in [0.3, 0.4) is 0 Å². The lowest BCUT2D eigenvalue weighted by atomic mass is 10.2. The van der Waals surface area contributed by atoms with Crippen LogP contribution in [0.5, 0.6) is 0 Å². The first-order valence-corrected chi connectivity index (χ1v) is 13.2. The number of amides is 1. The Balaban J connectivity index is 1.53. The quantitative estimate of drug-likeness (QED) is 0.421. The molecule has 1 unspecified atom stereocenters. The van der Waals surface area contributed by atoms with Crippen LogP contribution in [0.25, 0.3) is 16.8 Å². The predicted octanol–water partition coefficient (Wildman–Crippen LogP) is 4.66. The Kier molecular flexibility index (Phi) is 6.18. The van der Waals surface area contributed by atoms with Crippen LogP contribution in [-0.2, 0) is 11.8 Å². The minimum absolute atomic E-state index is 0.00154. The number of hydrogen-bond acceptors (Lipinski definition) is 9. The Morgan fingerprint density at radius 3 is 2.74 bits per heavy atom. The molecule has 0 radical (unpaired) electrons. The van der Waals surface area contributed by atoms with Crippen LogP contribution in [0.2, 0.25) is 0 Å². The number of carbonyl (C=O) groups is 1. The number of carbonyl (C=O) groups excluding carboxylic acids is 1. The molecule has 0 saturated carbocycles. The summed E-state index contributed by atoms with van der Waals surface area (Å²) < 4.78 is 13.6. The van der Waals surface area contributed by atoms with Gasteiger partial charge in [-0.25, -0.2) is 9.78 Å². The van der Waals surface area contributed by atoms with Crippen molar-refractivity contribution in [1.29, 1.82) is 0 Å². The summed E-state index contributed by atoms with van der Waals surface area (Å²) in [6.07, 6.45) is 5.28. The van der Waals surface area contributed by atoms with Gasteiger partial charge in [-0.3, -0.25) is 4.68 Å². The molecule has 0 aliphatic carbocycles. The van der Waals surface area contributed by atoms with Crippen molar-refractivity contribution < 1.29 is 9.53 Å². The molecule has 1 N–H and O–H groups in total. The molecular weight excluding hydrogens is 484 g/mol. The molecule has 0 bridgehead atoms. The van der Waals surface area contributed by atoms with Gasteiger partial charge in [0.15, 0.2) is 5.65 Å². The van der Waals surface area contributed by atoms with Crippen molar-refractivity contribution in [2.75, 3.05) is 24.2 Å². The molecule has 1 aliphatic heterocycles. The highest BCUT2D eigenvalue weighted by Gasteiger charge is 2.30. The Hall–Kier alpha value is -3.12. The van der Waals surface area contributed by atoms with Gasteiger partial charge in [-0.1, -0.05) is 0 Å². The van der Waals surface area contributed by atoms with Crippen LogP contribution in [-0.4, -0.2) is 64.2 Å². The van der Waals surface area contributed by atoms with Gasteiger partial charge < -0.3 is 15.0 Å². The molecule has 1 saturated heterocycles. The predicted molar refractivity (Wildman–Crippen MR) is 138 cm³/mol. The van der Waals surface area contributed by atoms with E-state index in [0.717, 1.165) is 44.7 Å². The number of fused-ring (bicyclic) bond motifs is 1. The van der Waals surface area contributed by atoms with Gasteiger partial charge >= 0.3 is 6.09 Å².